The van der Waals surface area contributed by atoms with Crippen LogP contribution in [0.4, 0.5) is 0 Å². The summed E-state index contributed by atoms with van der Waals surface area (Å²) in [6.07, 6.45) is 8.85. The topological polar surface area (TPSA) is 95.1 Å². The van der Waals surface area contributed by atoms with Crippen LogP contribution < -0.4 is 10.1 Å². The van der Waals surface area contributed by atoms with Crippen molar-refractivity contribution in [2.45, 2.75) is 38.1 Å². The SMILES string of the molecule is COc1ccc(-c2nn(-c3ccccc3)cc2/C=C/C(=O)NC2(c3noc(C)n3)CCCC2)cc1. The third-order valence-corrected chi connectivity index (χ3v) is 6.32. The van der Waals surface area contributed by atoms with Crippen molar-refractivity contribution in [3.8, 4) is 22.7 Å². The van der Waals surface area contributed by atoms with Crippen LogP contribution in [0.1, 0.15) is 43.0 Å². The van der Waals surface area contributed by atoms with Gasteiger partial charge in [0.1, 0.15) is 11.3 Å². The number of aryl methyl sites for hydroxylation is 1. The highest BCUT2D eigenvalue weighted by Gasteiger charge is 2.40. The van der Waals surface area contributed by atoms with Gasteiger partial charge in [-0.15, -0.1) is 0 Å². The summed E-state index contributed by atoms with van der Waals surface area (Å²) < 4.78 is 12.3. The molecule has 5 rings (SSSR count). The molecule has 8 nitrogen and oxygen atoms in total. The Morgan fingerprint density at radius 3 is 2.51 bits per heavy atom. The normalized spacial score (nSPS) is 14.9. The van der Waals surface area contributed by atoms with Crippen LogP contribution in [-0.4, -0.2) is 32.9 Å². The van der Waals surface area contributed by atoms with Gasteiger partial charge in [-0.05, 0) is 55.3 Å². The molecule has 4 aromatic rings. The van der Waals surface area contributed by atoms with E-state index in [9.17, 15) is 4.79 Å². The third kappa shape index (κ3) is 4.73. The van der Waals surface area contributed by atoms with Crippen LogP contribution in [-0.2, 0) is 10.3 Å². The Balaban J connectivity index is 1.44. The van der Waals surface area contributed by atoms with Gasteiger partial charge in [0.15, 0.2) is 5.82 Å². The van der Waals surface area contributed by atoms with E-state index < -0.39 is 5.54 Å². The predicted molar refractivity (Wildman–Crippen MR) is 132 cm³/mol. The second-order valence-corrected chi connectivity index (χ2v) is 8.69. The molecule has 0 radical (unpaired) electrons. The fraction of sp³-hybridized carbons (Fsp3) is 0.259. The molecule has 1 aliphatic rings. The van der Waals surface area contributed by atoms with Gasteiger partial charge < -0.3 is 14.6 Å². The van der Waals surface area contributed by atoms with Gasteiger partial charge in [0.05, 0.1) is 18.5 Å². The second kappa shape index (κ2) is 9.58. The van der Waals surface area contributed by atoms with Crippen molar-refractivity contribution < 1.29 is 14.1 Å². The Labute approximate surface area is 203 Å². The zero-order valence-corrected chi connectivity index (χ0v) is 19.8. The molecule has 2 heterocycles. The molecule has 0 bridgehead atoms. The standard InChI is InChI=1S/C27H27N5O3/c1-19-28-26(31-35-19)27(16-6-7-17-27)29-24(33)15-12-21-18-32(22-8-4-3-5-9-22)30-25(21)20-10-13-23(34-2)14-11-20/h3-5,8-15,18H,6-7,16-17H2,1-2H3,(H,29,33)/b15-12+. The maximum Gasteiger partial charge on any atom is 0.244 e. The van der Waals surface area contributed by atoms with Gasteiger partial charge in [-0.2, -0.15) is 10.1 Å². The summed E-state index contributed by atoms with van der Waals surface area (Å²) >= 11 is 0. The first-order chi connectivity index (χ1) is 17.1. The van der Waals surface area contributed by atoms with E-state index in [1.165, 1.54) is 0 Å². The lowest BCUT2D eigenvalue weighted by molar-refractivity contribution is -0.118. The van der Waals surface area contributed by atoms with Crippen LogP contribution >= 0.6 is 0 Å². The molecule has 1 saturated carbocycles. The number of benzene rings is 2. The summed E-state index contributed by atoms with van der Waals surface area (Å²) in [5, 5.41) is 12.1. The molecule has 2 aromatic carbocycles. The van der Waals surface area contributed by atoms with E-state index in [4.69, 9.17) is 14.4 Å². The van der Waals surface area contributed by atoms with Crippen molar-refractivity contribution in [3.05, 3.63) is 84.1 Å². The number of nitrogens with zero attached hydrogens (tertiary/aromatic N) is 4. The maximum absolute atomic E-state index is 13.0. The van der Waals surface area contributed by atoms with Crippen LogP contribution in [0.25, 0.3) is 23.0 Å². The number of methoxy groups -OCH3 is 1. The average Bonchev–Trinajstić information content (AvgIpc) is 3.64. The van der Waals surface area contributed by atoms with Gasteiger partial charge in [-0.1, -0.05) is 36.2 Å². The molecule has 1 aliphatic carbocycles. The minimum Gasteiger partial charge on any atom is -0.497 e. The van der Waals surface area contributed by atoms with E-state index in [0.29, 0.717) is 11.7 Å². The van der Waals surface area contributed by atoms with E-state index in [1.54, 1.807) is 26.2 Å². The van der Waals surface area contributed by atoms with Crippen LogP contribution in [0.5, 0.6) is 5.75 Å². The minimum absolute atomic E-state index is 0.206. The van der Waals surface area contributed by atoms with Crippen molar-refractivity contribution >= 4 is 12.0 Å². The number of hydrogen-bond acceptors (Lipinski definition) is 6. The highest BCUT2D eigenvalue weighted by atomic mass is 16.5. The number of ether oxygens (including phenoxy) is 1. The molecule has 35 heavy (non-hydrogen) atoms. The third-order valence-electron chi connectivity index (χ3n) is 6.32. The first kappa shape index (κ1) is 22.6. The van der Waals surface area contributed by atoms with Gasteiger partial charge in [0, 0.05) is 30.3 Å². The summed E-state index contributed by atoms with van der Waals surface area (Å²) in [5.74, 6) is 1.60. The van der Waals surface area contributed by atoms with Crippen molar-refractivity contribution in [2.75, 3.05) is 7.11 Å². The number of para-hydroxylation sites is 1. The van der Waals surface area contributed by atoms with E-state index in [-0.39, 0.29) is 5.91 Å². The zero-order chi connectivity index (χ0) is 24.3. The van der Waals surface area contributed by atoms with Crippen molar-refractivity contribution in [1.82, 2.24) is 25.2 Å². The zero-order valence-electron chi connectivity index (χ0n) is 19.8. The molecule has 1 amide bonds. The predicted octanol–water partition coefficient (Wildman–Crippen LogP) is 4.84. The van der Waals surface area contributed by atoms with E-state index in [0.717, 1.165) is 53.9 Å². The number of aromatic nitrogens is 4. The number of rotatable bonds is 7. The van der Waals surface area contributed by atoms with E-state index >= 15 is 0 Å². The molecule has 0 spiro atoms. The summed E-state index contributed by atoms with van der Waals surface area (Å²) in [6, 6.07) is 17.6. The Hall–Kier alpha value is -4.20. The molecule has 0 aliphatic heterocycles. The fourth-order valence-electron chi connectivity index (χ4n) is 4.52. The van der Waals surface area contributed by atoms with Crippen LogP contribution in [0.2, 0.25) is 0 Å². The quantitative estimate of drug-likeness (QED) is 0.389. The van der Waals surface area contributed by atoms with Gasteiger partial charge in [0.25, 0.3) is 0 Å². The number of hydrogen-bond donors (Lipinski definition) is 1. The smallest absolute Gasteiger partial charge is 0.244 e. The fourth-order valence-corrected chi connectivity index (χ4v) is 4.52. The largest absolute Gasteiger partial charge is 0.497 e. The number of carbonyl (C=O) groups excluding carboxylic acids is 1. The average molecular weight is 470 g/mol. The molecule has 1 fully saturated rings. The summed E-state index contributed by atoms with van der Waals surface area (Å²) in [6.45, 7) is 1.76. The lowest BCUT2D eigenvalue weighted by Gasteiger charge is -2.25. The lowest BCUT2D eigenvalue weighted by atomic mass is 9.96. The minimum atomic E-state index is -0.591. The van der Waals surface area contributed by atoms with Crippen LogP contribution in [0.15, 0.2) is 71.4 Å². The monoisotopic (exact) mass is 469 g/mol. The van der Waals surface area contributed by atoms with Crippen molar-refractivity contribution in [2.24, 2.45) is 0 Å². The number of nitrogens with one attached hydrogen (secondary N) is 1. The first-order valence-electron chi connectivity index (χ1n) is 11.7. The van der Waals surface area contributed by atoms with E-state index in [1.807, 2.05) is 65.5 Å². The highest BCUT2D eigenvalue weighted by molar-refractivity contribution is 5.93. The highest BCUT2D eigenvalue weighted by Crippen LogP contribution is 2.37. The van der Waals surface area contributed by atoms with Gasteiger partial charge in [-0.3, -0.25) is 4.79 Å². The number of amides is 1. The molecular formula is C27H27N5O3. The Kier molecular flexibility index (Phi) is 6.18. The van der Waals surface area contributed by atoms with Gasteiger partial charge in [-0.25, -0.2) is 4.68 Å². The maximum atomic E-state index is 13.0. The summed E-state index contributed by atoms with van der Waals surface area (Å²) in [5.41, 5.74) is 2.86. The van der Waals surface area contributed by atoms with Crippen LogP contribution in [0.3, 0.4) is 0 Å². The summed E-state index contributed by atoms with van der Waals surface area (Å²) in [4.78, 5) is 17.4. The summed E-state index contributed by atoms with van der Waals surface area (Å²) in [7, 11) is 1.64. The lowest BCUT2D eigenvalue weighted by Crippen LogP contribution is -2.44. The van der Waals surface area contributed by atoms with Crippen molar-refractivity contribution in [3.63, 3.8) is 0 Å². The molecule has 0 unspecified atom stereocenters. The molecule has 8 heteroatoms. The Morgan fingerprint density at radius 1 is 1.11 bits per heavy atom. The molecule has 178 valence electrons. The Bertz CT molecular complexity index is 1330. The van der Waals surface area contributed by atoms with Crippen LogP contribution in [0, 0.1) is 6.92 Å². The number of carbonyl (C=O) groups is 1. The van der Waals surface area contributed by atoms with Gasteiger partial charge >= 0.3 is 0 Å². The molecule has 0 saturated heterocycles. The first-order valence-corrected chi connectivity index (χ1v) is 11.7. The molecule has 2 aromatic heterocycles. The van der Waals surface area contributed by atoms with E-state index in [2.05, 4.69) is 15.5 Å². The van der Waals surface area contributed by atoms with Crippen molar-refractivity contribution in [1.29, 1.82) is 0 Å². The Morgan fingerprint density at radius 2 is 1.86 bits per heavy atom. The molecular weight excluding hydrogens is 442 g/mol. The second-order valence-electron chi connectivity index (χ2n) is 8.69. The molecule has 1 N–H and O–H groups in total. The molecule has 0 atom stereocenters. The van der Waals surface area contributed by atoms with Gasteiger partial charge in [0.2, 0.25) is 11.8 Å².